The molecule has 2 atom stereocenters. The molecule has 0 aliphatic rings. The smallest absolute Gasteiger partial charge is 0.405 e. The van der Waals surface area contributed by atoms with Crippen LogP contribution in [0.1, 0.15) is 36.2 Å². The third-order valence-electron chi connectivity index (χ3n) is 4.54. The quantitative estimate of drug-likeness (QED) is 0.604. The second-order valence-electron chi connectivity index (χ2n) is 6.41. The van der Waals surface area contributed by atoms with Crippen LogP contribution in [0.3, 0.4) is 0 Å². The number of hydrogen-bond donors (Lipinski definition) is 3. The van der Waals surface area contributed by atoms with Gasteiger partial charge in [-0.15, -0.1) is 0 Å². The summed E-state index contributed by atoms with van der Waals surface area (Å²) in [5, 5.41) is 14.0. The summed E-state index contributed by atoms with van der Waals surface area (Å²) in [6.45, 7) is 3.65. The summed E-state index contributed by atoms with van der Waals surface area (Å²) in [7, 11) is 1.49. The van der Waals surface area contributed by atoms with E-state index >= 15 is 0 Å². The van der Waals surface area contributed by atoms with E-state index in [0.29, 0.717) is 23.4 Å². The Morgan fingerprint density at radius 2 is 1.79 bits per heavy atom. The molecular formula is C21H24N2O5. The maximum Gasteiger partial charge on any atom is 0.405 e. The fourth-order valence-corrected chi connectivity index (χ4v) is 2.74. The molecule has 0 bridgehead atoms. The Bertz CT molecular complexity index is 851. The molecule has 0 spiro atoms. The number of hydrogen-bond acceptors (Lipinski definition) is 4. The first kappa shape index (κ1) is 21.0. The van der Waals surface area contributed by atoms with Crippen molar-refractivity contribution in [1.29, 1.82) is 0 Å². The van der Waals surface area contributed by atoms with E-state index in [-0.39, 0.29) is 17.3 Å². The number of nitrogens with one attached hydrogen (secondary N) is 2. The molecule has 2 amide bonds. The van der Waals surface area contributed by atoms with Crippen molar-refractivity contribution >= 4 is 23.5 Å². The Balaban J connectivity index is 2.37. The van der Waals surface area contributed by atoms with Crippen molar-refractivity contribution in [2.75, 3.05) is 12.4 Å². The van der Waals surface area contributed by atoms with Crippen LogP contribution in [0.2, 0.25) is 0 Å². The number of rotatable bonds is 8. The number of carbonyl (C=O) groups excluding carboxylic acids is 2. The van der Waals surface area contributed by atoms with E-state index in [1.807, 2.05) is 6.92 Å². The SMILES string of the molecule is CC[C@H](C)[C@H](NC(=O)O)C(=O)Nc1ccc(OC)cc1C(=O)c1ccccc1. The Hall–Kier alpha value is -3.35. The molecule has 0 fully saturated rings. The first-order valence-electron chi connectivity index (χ1n) is 8.95. The van der Waals surface area contributed by atoms with Gasteiger partial charge in [0.25, 0.3) is 0 Å². The molecule has 0 radical (unpaired) electrons. The molecule has 0 aliphatic heterocycles. The standard InChI is InChI=1S/C21H24N2O5/c1-4-13(2)18(23-21(26)27)20(25)22-17-11-10-15(28-3)12-16(17)19(24)14-8-6-5-7-9-14/h5-13,18,23H,4H2,1-3H3,(H,22,25)(H,26,27)/t13-,18-/m0/s1. The van der Waals surface area contributed by atoms with Crippen molar-refractivity contribution < 1.29 is 24.2 Å². The molecule has 3 N–H and O–H groups in total. The average Bonchev–Trinajstić information content (AvgIpc) is 2.71. The predicted molar refractivity (Wildman–Crippen MR) is 106 cm³/mol. The number of ether oxygens (including phenoxy) is 1. The minimum absolute atomic E-state index is 0.220. The number of methoxy groups -OCH3 is 1. The monoisotopic (exact) mass is 384 g/mol. The minimum atomic E-state index is -1.28. The third-order valence-corrected chi connectivity index (χ3v) is 4.54. The van der Waals surface area contributed by atoms with Crippen LogP contribution in [0.25, 0.3) is 0 Å². The first-order valence-corrected chi connectivity index (χ1v) is 8.95. The van der Waals surface area contributed by atoms with Crippen molar-refractivity contribution in [1.82, 2.24) is 5.32 Å². The largest absolute Gasteiger partial charge is 0.497 e. The number of carbonyl (C=O) groups is 3. The van der Waals surface area contributed by atoms with E-state index in [0.717, 1.165) is 0 Å². The van der Waals surface area contributed by atoms with Crippen LogP contribution < -0.4 is 15.4 Å². The molecule has 148 valence electrons. The van der Waals surface area contributed by atoms with Gasteiger partial charge in [0.2, 0.25) is 5.91 Å². The molecule has 0 aliphatic carbocycles. The lowest BCUT2D eigenvalue weighted by Gasteiger charge is -2.23. The second kappa shape index (κ2) is 9.55. The lowest BCUT2D eigenvalue weighted by Crippen LogP contribution is -2.47. The minimum Gasteiger partial charge on any atom is -0.497 e. The molecule has 28 heavy (non-hydrogen) atoms. The maximum atomic E-state index is 12.9. The third kappa shape index (κ3) is 5.09. The van der Waals surface area contributed by atoms with Gasteiger partial charge >= 0.3 is 6.09 Å². The maximum absolute atomic E-state index is 12.9. The van der Waals surface area contributed by atoms with Crippen LogP contribution in [-0.4, -0.2) is 36.0 Å². The van der Waals surface area contributed by atoms with E-state index < -0.39 is 18.0 Å². The Kier molecular flexibility index (Phi) is 7.14. The Morgan fingerprint density at radius 3 is 2.36 bits per heavy atom. The highest BCUT2D eigenvalue weighted by Crippen LogP contribution is 2.25. The number of ketones is 1. The van der Waals surface area contributed by atoms with Gasteiger partial charge in [0.05, 0.1) is 12.8 Å². The van der Waals surface area contributed by atoms with Crippen LogP contribution in [0.4, 0.5) is 10.5 Å². The molecule has 2 rings (SSSR count). The molecule has 2 aromatic carbocycles. The van der Waals surface area contributed by atoms with Gasteiger partial charge < -0.3 is 20.5 Å². The summed E-state index contributed by atoms with van der Waals surface area (Å²) < 4.78 is 5.20. The van der Waals surface area contributed by atoms with E-state index in [2.05, 4.69) is 10.6 Å². The van der Waals surface area contributed by atoms with Gasteiger partial charge in [-0.3, -0.25) is 9.59 Å². The lowest BCUT2D eigenvalue weighted by atomic mass is 9.97. The molecule has 0 unspecified atom stereocenters. The zero-order valence-electron chi connectivity index (χ0n) is 16.1. The van der Waals surface area contributed by atoms with Gasteiger partial charge in [-0.1, -0.05) is 50.6 Å². The zero-order chi connectivity index (χ0) is 20.7. The van der Waals surface area contributed by atoms with Crippen molar-refractivity contribution in [3.63, 3.8) is 0 Å². The first-order chi connectivity index (χ1) is 13.4. The highest BCUT2D eigenvalue weighted by molar-refractivity contribution is 6.14. The Morgan fingerprint density at radius 1 is 1.11 bits per heavy atom. The van der Waals surface area contributed by atoms with Crippen molar-refractivity contribution in [2.45, 2.75) is 26.3 Å². The summed E-state index contributed by atoms with van der Waals surface area (Å²) in [6, 6.07) is 12.5. The van der Waals surface area contributed by atoms with Crippen LogP contribution in [0.15, 0.2) is 48.5 Å². The topological polar surface area (TPSA) is 105 Å². The molecule has 0 aromatic heterocycles. The van der Waals surface area contributed by atoms with Gasteiger partial charge in [-0.25, -0.2) is 4.79 Å². The van der Waals surface area contributed by atoms with Crippen molar-refractivity contribution in [3.05, 3.63) is 59.7 Å². The molecule has 0 heterocycles. The summed E-state index contributed by atoms with van der Waals surface area (Å²) >= 11 is 0. The highest BCUT2D eigenvalue weighted by Gasteiger charge is 2.27. The number of anilines is 1. The molecular weight excluding hydrogens is 360 g/mol. The summed E-state index contributed by atoms with van der Waals surface area (Å²) in [6.07, 6.45) is -0.674. The number of amides is 2. The van der Waals surface area contributed by atoms with Gasteiger partial charge in [0.1, 0.15) is 11.8 Å². The van der Waals surface area contributed by atoms with Crippen molar-refractivity contribution in [3.8, 4) is 5.75 Å². The summed E-state index contributed by atoms with van der Waals surface area (Å²) in [5.74, 6) is -0.549. The highest BCUT2D eigenvalue weighted by atomic mass is 16.5. The van der Waals surface area contributed by atoms with Gasteiger partial charge in [-0.2, -0.15) is 0 Å². The Labute approximate surface area is 163 Å². The predicted octanol–water partition coefficient (Wildman–Crippen LogP) is 3.55. The zero-order valence-corrected chi connectivity index (χ0v) is 16.1. The van der Waals surface area contributed by atoms with Crippen LogP contribution >= 0.6 is 0 Å². The summed E-state index contributed by atoms with van der Waals surface area (Å²) in [4.78, 5) is 36.7. The lowest BCUT2D eigenvalue weighted by molar-refractivity contribution is -0.119. The summed E-state index contributed by atoms with van der Waals surface area (Å²) in [5.41, 5.74) is 1.02. The fourth-order valence-electron chi connectivity index (χ4n) is 2.74. The van der Waals surface area contributed by atoms with E-state index in [4.69, 9.17) is 9.84 Å². The van der Waals surface area contributed by atoms with E-state index in [1.165, 1.54) is 7.11 Å². The van der Waals surface area contributed by atoms with Crippen molar-refractivity contribution in [2.24, 2.45) is 5.92 Å². The van der Waals surface area contributed by atoms with Crippen LogP contribution in [-0.2, 0) is 4.79 Å². The van der Waals surface area contributed by atoms with Gasteiger partial charge in [-0.05, 0) is 24.1 Å². The van der Waals surface area contributed by atoms with Gasteiger partial charge in [0.15, 0.2) is 5.78 Å². The fraction of sp³-hybridized carbons (Fsp3) is 0.286. The van der Waals surface area contributed by atoms with Gasteiger partial charge in [0, 0.05) is 11.1 Å². The average molecular weight is 384 g/mol. The molecule has 0 saturated carbocycles. The number of carboxylic acid groups (broad SMARTS) is 1. The molecule has 2 aromatic rings. The normalized spacial score (nSPS) is 12.5. The molecule has 7 heteroatoms. The van der Waals surface area contributed by atoms with Crippen LogP contribution in [0.5, 0.6) is 5.75 Å². The second-order valence-corrected chi connectivity index (χ2v) is 6.41. The van der Waals surface area contributed by atoms with E-state index in [1.54, 1.807) is 55.5 Å². The van der Waals surface area contributed by atoms with Crippen LogP contribution in [0, 0.1) is 5.92 Å². The van der Waals surface area contributed by atoms with E-state index in [9.17, 15) is 14.4 Å². The molecule has 0 saturated heterocycles. The number of benzene rings is 2. The molecule has 7 nitrogen and oxygen atoms in total.